The van der Waals surface area contributed by atoms with E-state index in [1.807, 2.05) is 0 Å². The topological polar surface area (TPSA) is 77.0 Å². The minimum absolute atomic E-state index is 0.200. The third kappa shape index (κ3) is 1.51. The van der Waals surface area contributed by atoms with Gasteiger partial charge in [0.05, 0.1) is 0 Å². The molecule has 1 atom stereocenters. The maximum absolute atomic E-state index is 9.17. The van der Waals surface area contributed by atoms with E-state index in [-0.39, 0.29) is 5.89 Å². The molecule has 0 amide bonds. The molecule has 0 bridgehead atoms. The van der Waals surface area contributed by atoms with E-state index in [9.17, 15) is 0 Å². The summed E-state index contributed by atoms with van der Waals surface area (Å²) < 4.78 is 6.48. The summed E-state index contributed by atoms with van der Waals surface area (Å²) in [6.07, 6.45) is 1.04. The van der Waals surface area contributed by atoms with Crippen LogP contribution in [-0.4, -0.2) is 25.0 Å². The van der Waals surface area contributed by atoms with Gasteiger partial charge >= 0.3 is 0 Å². The van der Waals surface area contributed by atoms with Crippen molar-refractivity contribution in [2.24, 2.45) is 7.05 Å². The van der Waals surface area contributed by atoms with Crippen molar-refractivity contribution < 1.29 is 9.63 Å². The highest BCUT2D eigenvalue weighted by molar-refractivity contribution is 5.46. The summed E-state index contributed by atoms with van der Waals surface area (Å²) >= 11 is 0. The molecule has 0 saturated carbocycles. The minimum atomic E-state index is -0.750. The van der Waals surface area contributed by atoms with Crippen molar-refractivity contribution in [2.75, 3.05) is 0 Å². The average molecular weight is 194 g/mol. The Morgan fingerprint density at radius 2 is 2.36 bits per heavy atom. The predicted molar refractivity (Wildman–Crippen MR) is 47.1 cm³/mol. The lowest BCUT2D eigenvalue weighted by atomic mass is 10.4. The third-order valence-corrected chi connectivity index (χ3v) is 1.74. The van der Waals surface area contributed by atoms with Gasteiger partial charge in [-0.1, -0.05) is 5.16 Å². The zero-order valence-corrected chi connectivity index (χ0v) is 7.88. The van der Waals surface area contributed by atoms with Crippen LogP contribution in [0.2, 0.25) is 0 Å². The molecule has 0 fully saturated rings. The fourth-order valence-corrected chi connectivity index (χ4v) is 1.04. The standard InChI is InChI=1S/C8H10N4O2/c1-5(13)8-9-7(11-14-8)6-3-4-12(2)10-6/h3-5,13H,1-2H3. The Kier molecular flexibility index (Phi) is 2.05. The molecule has 0 aromatic carbocycles. The Bertz CT molecular complexity index is 432. The van der Waals surface area contributed by atoms with E-state index in [0.29, 0.717) is 11.5 Å². The molecule has 1 unspecified atom stereocenters. The molecule has 14 heavy (non-hydrogen) atoms. The molecule has 0 aliphatic heterocycles. The van der Waals surface area contributed by atoms with Crippen molar-refractivity contribution in [3.8, 4) is 11.5 Å². The zero-order valence-electron chi connectivity index (χ0n) is 7.88. The number of rotatable bonds is 2. The molecule has 74 valence electrons. The van der Waals surface area contributed by atoms with Gasteiger partial charge < -0.3 is 9.63 Å². The van der Waals surface area contributed by atoms with Crippen LogP contribution >= 0.6 is 0 Å². The summed E-state index contributed by atoms with van der Waals surface area (Å²) in [5.74, 6) is 0.590. The Balaban J connectivity index is 2.33. The van der Waals surface area contributed by atoms with Gasteiger partial charge in [-0.2, -0.15) is 10.1 Å². The number of aliphatic hydroxyl groups excluding tert-OH is 1. The second-order valence-corrected chi connectivity index (χ2v) is 3.01. The first-order valence-corrected chi connectivity index (χ1v) is 4.18. The fraction of sp³-hybridized carbons (Fsp3) is 0.375. The first-order chi connectivity index (χ1) is 6.66. The number of nitrogens with zero attached hydrogens (tertiary/aromatic N) is 4. The summed E-state index contributed by atoms with van der Waals surface area (Å²) in [4.78, 5) is 3.99. The lowest BCUT2D eigenvalue weighted by Crippen LogP contribution is -1.91. The Morgan fingerprint density at radius 3 is 2.86 bits per heavy atom. The van der Waals surface area contributed by atoms with Gasteiger partial charge in [-0.25, -0.2) is 0 Å². The van der Waals surface area contributed by atoms with Crippen LogP contribution in [0.3, 0.4) is 0 Å². The smallest absolute Gasteiger partial charge is 0.255 e. The maximum Gasteiger partial charge on any atom is 0.255 e. The zero-order chi connectivity index (χ0) is 10.1. The molecule has 0 radical (unpaired) electrons. The first kappa shape index (κ1) is 8.89. The quantitative estimate of drug-likeness (QED) is 0.754. The van der Waals surface area contributed by atoms with Crippen LogP contribution in [0.25, 0.3) is 11.5 Å². The van der Waals surface area contributed by atoms with E-state index in [1.165, 1.54) is 0 Å². The largest absolute Gasteiger partial charge is 0.384 e. The van der Waals surface area contributed by atoms with Crippen LogP contribution in [0.5, 0.6) is 0 Å². The summed E-state index contributed by atoms with van der Waals surface area (Å²) in [5, 5.41) is 17.0. The number of aliphatic hydroxyl groups is 1. The van der Waals surface area contributed by atoms with Crippen molar-refractivity contribution in [3.05, 3.63) is 18.2 Å². The molecule has 0 spiro atoms. The SMILES string of the molecule is CC(O)c1nc(-c2ccn(C)n2)no1. The van der Waals surface area contributed by atoms with Crippen molar-refractivity contribution in [3.63, 3.8) is 0 Å². The average Bonchev–Trinajstić information content (AvgIpc) is 2.70. The van der Waals surface area contributed by atoms with E-state index in [4.69, 9.17) is 9.63 Å². The maximum atomic E-state index is 9.17. The molecule has 2 heterocycles. The van der Waals surface area contributed by atoms with Crippen LogP contribution in [0.1, 0.15) is 18.9 Å². The van der Waals surface area contributed by atoms with E-state index in [0.717, 1.165) is 0 Å². The van der Waals surface area contributed by atoms with E-state index >= 15 is 0 Å². The molecular formula is C8H10N4O2. The van der Waals surface area contributed by atoms with Gasteiger partial charge in [-0.15, -0.1) is 0 Å². The van der Waals surface area contributed by atoms with Crippen molar-refractivity contribution >= 4 is 0 Å². The van der Waals surface area contributed by atoms with E-state index in [2.05, 4.69) is 15.2 Å². The lowest BCUT2D eigenvalue weighted by Gasteiger charge is -1.91. The number of aromatic nitrogens is 4. The Hall–Kier alpha value is -1.69. The molecule has 2 aromatic rings. The van der Waals surface area contributed by atoms with Gasteiger partial charge in [-0.05, 0) is 13.0 Å². The molecule has 1 N–H and O–H groups in total. The number of hydrogen-bond acceptors (Lipinski definition) is 5. The normalized spacial score (nSPS) is 13.1. The summed E-state index contributed by atoms with van der Waals surface area (Å²) in [7, 11) is 1.80. The van der Waals surface area contributed by atoms with Gasteiger partial charge in [0.25, 0.3) is 5.89 Å². The number of hydrogen-bond donors (Lipinski definition) is 1. The van der Waals surface area contributed by atoms with Gasteiger partial charge in [0.2, 0.25) is 5.82 Å². The molecule has 0 aliphatic carbocycles. The highest BCUT2D eigenvalue weighted by Crippen LogP contribution is 2.15. The molecule has 2 rings (SSSR count). The highest BCUT2D eigenvalue weighted by Gasteiger charge is 2.13. The van der Waals surface area contributed by atoms with Crippen molar-refractivity contribution in [2.45, 2.75) is 13.0 Å². The van der Waals surface area contributed by atoms with E-state index in [1.54, 1.807) is 30.9 Å². The molecule has 6 nitrogen and oxygen atoms in total. The van der Waals surface area contributed by atoms with Gasteiger partial charge in [0.15, 0.2) is 0 Å². The molecular weight excluding hydrogens is 184 g/mol. The predicted octanol–water partition coefficient (Wildman–Crippen LogP) is 0.523. The second-order valence-electron chi connectivity index (χ2n) is 3.01. The number of aryl methyl sites for hydroxylation is 1. The van der Waals surface area contributed by atoms with Crippen LogP contribution in [-0.2, 0) is 7.05 Å². The third-order valence-electron chi connectivity index (χ3n) is 1.74. The van der Waals surface area contributed by atoms with Crippen LogP contribution in [0, 0.1) is 0 Å². The van der Waals surface area contributed by atoms with Crippen LogP contribution in [0.4, 0.5) is 0 Å². The highest BCUT2D eigenvalue weighted by atomic mass is 16.5. The molecule has 0 aliphatic rings. The van der Waals surface area contributed by atoms with Crippen molar-refractivity contribution in [1.82, 2.24) is 19.9 Å². The second kappa shape index (κ2) is 3.22. The molecule has 0 saturated heterocycles. The van der Waals surface area contributed by atoms with Gasteiger partial charge in [0, 0.05) is 13.2 Å². The van der Waals surface area contributed by atoms with Gasteiger partial charge in [-0.3, -0.25) is 4.68 Å². The molecule has 2 aromatic heterocycles. The Labute approximate surface area is 80.2 Å². The van der Waals surface area contributed by atoms with E-state index < -0.39 is 6.10 Å². The summed E-state index contributed by atoms with van der Waals surface area (Å²) in [6, 6.07) is 1.77. The van der Waals surface area contributed by atoms with Crippen LogP contribution < -0.4 is 0 Å². The minimum Gasteiger partial charge on any atom is -0.384 e. The van der Waals surface area contributed by atoms with Crippen LogP contribution in [0.15, 0.2) is 16.8 Å². The van der Waals surface area contributed by atoms with Crippen molar-refractivity contribution in [1.29, 1.82) is 0 Å². The summed E-state index contributed by atoms with van der Waals surface area (Å²) in [6.45, 7) is 1.57. The lowest BCUT2D eigenvalue weighted by molar-refractivity contribution is 0.152. The first-order valence-electron chi connectivity index (χ1n) is 4.18. The fourth-order valence-electron chi connectivity index (χ4n) is 1.04. The van der Waals surface area contributed by atoms with Gasteiger partial charge in [0.1, 0.15) is 11.8 Å². The molecule has 6 heteroatoms. The Morgan fingerprint density at radius 1 is 1.57 bits per heavy atom. The monoisotopic (exact) mass is 194 g/mol. The summed E-state index contributed by atoms with van der Waals surface area (Å²) in [5.41, 5.74) is 0.628.